The molecular weight excluding hydrogens is 232 g/mol. The maximum Gasteiger partial charge on any atom is 0.303 e. The number of carboxylic acids is 1. The number of hydrogen-bond acceptors (Lipinski definition) is 3. The number of nitrogens with zero attached hydrogens (tertiary/aromatic N) is 1. The average Bonchev–Trinajstić information content (AvgIpc) is 2.37. The second kappa shape index (κ2) is 7.36. The van der Waals surface area contributed by atoms with Crippen molar-refractivity contribution >= 4 is 11.9 Å². The Kier molecular flexibility index (Phi) is 6.12. The Bertz CT molecular complexity index is 286. The summed E-state index contributed by atoms with van der Waals surface area (Å²) in [5, 5.41) is 8.55. The van der Waals surface area contributed by atoms with Gasteiger partial charge in [0.25, 0.3) is 0 Å². The van der Waals surface area contributed by atoms with Crippen LogP contribution < -0.4 is 5.73 Å². The molecule has 5 heteroatoms. The van der Waals surface area contributed by atoms with Crippen LogP contribution in [0.4, 0.5) is 0 Å². The van der Waals surface area contributed by atoms with Crippen molar-refractivity contribution in [1.29, 1.82) is 0 Å². The van der Waals surface area contributed by atoms with E-state index in [0.29, 0.717) is 18.9 Å². The highest BCUT2D eigenvalue weighted by Gasteiger charge is 2.27. The maximum atomic E-state index is 12.1. The molecule has 0 aromatic rings. The Labute approximate surface area is 108 Å². The first kappa shape index (κ1) is 15.0. The third-order valence-electron chi connectivity index (χ3n) is 3.79. The molecule has 1 saturated carbocycles. The fourth-order valence-corrected chi connectivity index (χ4v) is 2.53. The lowest BCUT2D eigenvalue weighted by atomic mass is 9.81. The lowest BCUT2D eigenvalue weighted by molar-refractivity contribution is -0.139. The summed E-state index contributed by atoms with van der Waals surface area (Å²) in [4.78, 5) is 24.2. The fraction of sp³-hybridized carbons (Fsp3) is 0.846. The van der Waals surface area contributed by atoms with Crippen LogP contribution in [0, 0.1) is 11.8 Å². The van der Waals surface area contributed by atoms with Crippen LogP contribution in [0.5, 0.6) is 0 Å². The third-order valence-corrected chi connectivity index (χ3v) is 3.79. The highest BCUT2D eigenvalue weighted by atomic mass is 16.4. The van der Waals surface area contributed by atoms with Gasteiger partial charge in [-0.3, -0.25) is 9.59 Å². The number of carbonyl (C=O) groups excluding carboxylic acids is 1. The highest BCUT2D eigenvalue weighted by Crippen LogP contribution is 2.29. The molecule has 1 aliphatic carbocycles. The zero-order valence-electron chi connectivity index (χ0n) is 11.1. The Morgan fingerprint density at radius 3 is 2.39 bits per heavy atom. The van der Waals surface area contributed by atoms with Crippen LogP contribution in [0.15, 0.2) is 0 Å². The lowest BCUT2D eigenvalue weighted by Crippen LogP contribution is -2.36. The van der Waals surface area contributed by atoms with Gasteiger partial charge in [-0.2, -0.15) is 0 Å². The Morgan fingerprint density at radius 1 is 1.28 bits per heavy atom. The molecule has 1 rings (SSSR count). The SMILES string of the molecule is CN(CCCC(=O)O)C(=O)C1CCC(CN)CC1. The van der Waals surface area contributed by atoms with Crippen molar-refractivity contribution in [3.63, 3.8) is 0 Å². The monoisotopic (exact) mass is 256 g/mol. The van der Waals surface area contributed by atoms with Crippen molar-refractivity contribution in [1.82, 2.24) is 4.90 Å². The van der Waals surface area contributed by atoms with E-state index in [1.54, 1.807) is 11.9 Å². The molecule has 0 saturated heterocycles. The van der Waals surface area contributed by atoms with Crippen LogP contribution in [0.25, 0.3) is 0 Å². The predicted molar refractivity (Wildman–Crippen MR) is 69.0 cm³/mol. The van der Waals surface area contributed by atoms with E-state index in [-0.39, 0.29) is 18.2 Å². The number of hydrogen-bond donors (Lipinski definition) is 2. The molecule has 0 heterocycles. The largest absolute Gasteiger partial charge is 0.481 e. The van der Waals surface area contributed by atoms with Gasteiger partial charge in [0, 0.05) is 25.9 Å². The van der Waals surface area contributed by atoms with E-state index < -0.39 is 5.97 Å². The lowest BCUT2D eigenvalue weighted by Gasteiger charge is -2.30. The van der Waals surface area contributed by atoms with Gasteiger partial charge < -0.3 is 15.7 Å². The average molecular weight is 256 g/mol. The van der Waals surface area contributed by atoms with Crippen molar-refractivity contribution in [2.24, 2.45) is 17.6 Å². The fourth-order valence-electron chi connectivity index (χ4n) is 2.53. The van der Waals surface area contributed by atoms with Gasteiger partial charge in [-0.1, -0.05) is 0 Å². The molecule has 18 heavy (non-hydrogen) atoms. The number of rotatable bonds is 6. The number of nitrogens with two attached hydrogens (primary N) is 1. The quantitative estimate of drug-likeness (QED) is 0.744. The Hall–Kier alpha value is -1.10. The van der Waals surface area contributed by atoms with Crippen molar-refractivity contribution < 1.29 is 14.7 Å². The molecule has 0 radical (unpaired) electrons. The van der Waals surface area contributed by atoms with Crippen LogP contribution in [0.3, 0.4) is 0 Å². The first-order chi connectivity index (χ1) is 8.54. The van der Waals surface area contributed by atoms with E-state index in [4.69, 9.17) is 10.8 Å². The summed E-state index contributed by atoms with van der Waals surface area (Å²) in [6.45, 7) is 1.25. The first-order valence-electron chi connectivity index (χ1n) is 6.71. The zero-order valence-corrected chi connectivity index (χ0v) is 11.1. The molecule has 0 aromatic carbocycles. The molecule has 0 aliphatic heterocycles. The topological polar surface area (TPSA) is 83.6 Å². The summed E-state index contributed by atoms with van der Waals surface area (Å²) in [5.41, 5.74) is 5.63. The van der Waals surface area contributed by atoms with Crippen LogP contribution >= 0.6 is 0 Å². The minimum atomic E-state index is -0.806. The minimum Gasteiger partial charge on any atom is -0.481 e. The number of amides is 1. The summed E-state index contributed by atoms with van der Waals surface area (Å²) in [7, 11) is 1.76. The van der Waals surface area contributed by atoms with Crippen LogP contribution in [-0.4, -0.2) is 42.0 Å². The van der Waals surface area contributed by atoms with Gasteiger partial charge in [0.15, 0.2) is 0 Å². The van der Waals surface area contributed by atoms with Crippen LogP contribution in [0.1, 0.15) is 38.5 Å². The number of carboxylic acid groups (broad SMARTS) is 1. The van der Waals surface area contributed by atoms with Gasteiger partial charge in [-0.15, -0.1) is 0 Å². The molecule has 5 nitrogen and oxygen atoms in total. The molecule has 0 bridgehead atoms. The van der Waals surface area contributed by atoms with E-state index in [2.05, 4.69) is 0 Å². The second-order valence-electron chi connectivity index (χ2n) is 5.21. The smallest absolute Gasteiger partial charge is 0.303 e. The van der Waals surface area contributed by atoms with Crippen molar-refractivity contribution in [2.45, 2.75) is 38.5 Å². The standard InChI is InChI=1S/C13H24N2O3/c1-15(8-2-3-12(16)17)13(18)11-6-4-10(9-14)5-7-11/h10-11H,2-9,14H2,1H3,(H,16,17). The van der Waals surface area contributed by atoms with Gasteiger partial charge >= 0.3 is 5.97 Å². The Balaban J connectivity index is 2.28. The summed E-state index contributed by atoms with van der Waals surface area (Å²) in [6, 6.07) is 0. The normalized spacial score (nSPS) is 23.7. The molecule has 3 N–H and O–H groups in total. The van der Waals surface area contributed by atoms with Gasteiger partial charge in [-0.05, 0) is 44.6 Å². The van der Waals surface area contributed by atoms with Crippen LogP contribution in [0.2, 0.25) is 0 Å². The highest BCUT2D eigenvalue weighted by molar-refractivity contribution is 5.78. The maximum absolute atomic E-state index is 12.1. The predicted octanol–water partition coefficient (Wildman–Crippen LogP) is 1.07. The van der Waals surface area contributed by atoms with Crippen molar-refractivity contribution in [2.75, 3.05) is 20.1 Å². The zero-order chi connectivity index (χ0) is 13.5. The van der Waals surface area contributed by atoms with Gasteiger partial charge in [0.2, 0.25) is 5.91 Å². The minimum absolute atomic E-state index is 0.114. The van der Waals surface area contributed by atoms with E-state index in [0.717, 1.165) is 32.2 Å². The van der Waals surface area contributed by atoms with Crippen molar-refractivity contribution in [3.8, 4) is 0 Å². The molecule has 1 fully saturated rings. The molecule has 1 aliphatic rings. The van der Waals surface area contributed by atoms with Gasteiger partial charge in [0.1, 0.15) is 0 Å². The molecular formula is C13H24N2O3. The first-order valence-corrected chi connectivity index (χ1v) is 6.71. The number of carbonyl (C=O) groups is 2. The van der Waals surface area contributed by atoms with Crippen molar-refractivity contribution in [3.05, 3.63) is 0 Å². The molecule has 0 spiro atoms. The molecule has 0 unspecified atom stereocenters. The molecule has 0 aromatic heterocycles. The van der Waals surface area contributed by atoms with E-state index in [1.807, 2.05) is 0 Å². The van der Waals surface area contributed by atoms with E-state index in [9.17, 15) is 9.59 Å². The summed E-state index contributed by atoms with van der Waals surface area (Å²) in [5.74, 6) is 0.0455. The van der Waals surface area contributed by atoms with Crippen LogP contribution in [-0.2, 0) is 9.59 Å². The summed E-state index contributed by atoms with van der Waals surface area (Å²) in [6.07, 6.45) is 4.56. The molecule has 1 amide bonds. The second-order valence-corrected chi connectivity index (χ2v) is 5.21. The summed E-state index contributed by atoms with van der Waals surface area (Å²) >= 11 is 0. The summed E-state index contributed by atoms with van der Waals surface area (Å²) < 4.78 is 0. The Morgan fingerprint density at radius 2 is 1.89 bits per heavy atom. The molecule has 104 valence electrons. The van der Waals surface area contributed by atoms with Gasteiger partial charge in [-0.25, -0.2) is 0 Å². The van der Waals surface area contributed by atoms with E-state index >= 15 is 0 Å². The number of aliphatic carboxylic acids is 1. The van der Waals surface area contributed by atoms with E-state index in [1.165, 1.54) is 0 Å². The van der Waals surface area contributed by atoms with Gasteiger partial charge in [0.05, 0.1) is 0 Å². The third kappa shape index (κ3) is 4.64. The molecule has 0 atom stereocenters.